The molecule has 0 aliphatic heterocycles. The van der Waals surface area contributed by atoms with Crippen molar-refractivity contribution in [2.24, 2.45) is 5.10 Å². The smallest absolute Gasteiger partial charge is 0.217 e. The van der Waals surface area contributed by atoms with E-state index in [0.717, 1.165) is 0 Å². The molecule has 0 spiro atoms. The van der Waals surface area contributed by atoms with Crippen molar-refractivity contribution in [1.29, 1.82) is 0 Å². The van der Waals surface area contributed by atoms with Gasteiger partial charge in [-0.05, 0) is 25.1 Å². The summed E-state index contributed by atoms with van der Waals surface area (Å²) in [5.41, 5.74) is 1.72. The molecule has 4 aromatic rings. The minimum Gasteiger partial charge on any atom is -0.338 e. The number of aromatic amines is 1. The van der Waals surface area contributed by atoms with Crippen LogP contribution in [0.5, 0.6) is 0 Å². The van der Waals surface area contributed by atoms with Crippen molar-refractivity contribution in [1.82, 2.24) is 14.6 Å². The lowest BCUT2D eigenvalue weighted by Gasteiger charge is -2.01. The molecule has 0 amide bonds. The van der Waals surface area contributed by atoms with Gasteiger partial charge in [-0.15, -0.1) is 0 Å². The zero-order valence-electron chi connectivity index (χ0n) is 12.8. The van der Waals surface area contributed by atoms with Crippen LogP contribution in [0.25, 0.3) is 22.1 Å². The number of hydrogen-bond donors (Lipinski definition) is 1. The van der Waals surface area contributed by atoms with Crippen molar-refractivity contribution in [3.05, 3.63) is 76.0 Å². The van der Waals surface area contributed by atoms with E-state index in [9.17, 15) is 9.18 Å². The number of nitrogens with zero attached hydrogens (tertiary/aromatic N) is 3. The third-order valence-electron chi connectivity index (χ3n) is 3.87. The molecule has 0 bridgehead atoms. The molecular weight excluding hydrogens is 307 g/mol. The molecule has 0 atom stereocenters. The normalized spacial score (nSPS) is 11.8. The summed E-state index contributed by atoms with van der Waals surface area (Å²) in [4.78, 5) is 20.1. The van der Waals surface area contributed by atoms with Gasteiger partial charge in [0.25, 0.3) is 0 Å². The number of halogens is 1. The van der Waals surface area contributed by atoms with Gasteiger partial charge in [-0.2, -0.15) is 5.10 Å². The van der Waals surface area contributed by atoms with E-state index in [1.54, 1.807) is 31.2 Å². The van der Waals surface area contributed by atoms with Gasteiger partial charge < -0.3 is 4.98 Å². The van der Waals surface area contributed by atoms with Gasteiger partial charge in [-0.1, -0.05) is 30.3 Å². The molecule has 1 N–H and O–H groups in total. The van der Waals surface area contributed by atoms with Crippen LogP contribution < -0.4 is 5.43 Å². The molecule has 2 heterocycles. The van der Waals surface area contributed by atoms with Gasteiger partial charge in [0, 0.05) is 10.9 Å². The zero-order chi connectivity index (χ0) is 16.7. The Morgan fingerprint density at radius 3 is 2.75 bits per heavy atom. The molecule has 0 unspecified atom stereocenters. The van der Waals surface area contributed by atoms with Gasteiger partial charge in [-0.3, -0.25) is 4.79 Å². The number of hydrogen-bond acceptors (Lipinski definition) is 3. The molecule has 0 saturated carbocycles. The second-order valence-corrected chi connectivity index (χ2v) is 5.43. The van der Waals surface area contributed by atoms with Gasteiger partial charge in [0.2, 0.25) is 5.43 Å². The summed E-state index contributed by atoms with van der Waals surface area (Å²) in [5.74, 6) is 0.184. The number of para-hydroxylation sites is 1. The molecule has 118 valence electrons. The van der Waals surface area contributed by atoms with Crippen LogP contribution in [0, 0.1) is 12.7 Å². The van der Waals surface area contributed by atoms with Crippen molar-refractivity contribution >= 4 is 28.3 Å². The SMILES string of the molecule is Cc1nc2c(=O)c3ccccc3[nH]c2n1N=Cc1ccccc1F. The molecule has 5 nitrogen and oxygen atoms in total. The molecule has 2 aromatic heterocycles. The topological polar surface area (TPSA) is 63.0 Å². The molecule has 4 rings (SSSR count). The van der Waals surface area contributed by atoms with Crippen LogP contribution in [-0.4, -0.2) is 20.9 Å². The van der Waals surface area contributed by atoms with Crippen LogP contribution in [0.3, 0.4) is 0 Å². The summed E-state index contributed by atoms with van der Waals surface area (Å²) in [6.07, 6.45) is 1.41. The van der Waals surface area contributed by atoms with Gasteiger partial charge in [0.1, 0.15) is 11.6 Å². The highest BCUT2D eigenvalue weighted by Gasteiger charge is 2.13. The van der Waals surface area contributed by atoms with Gasteiger partial charge in [0.05, 0.1) is 11.7 Å². The van der Waals surface area contributed by atoms with E-state index in [4.69, 9.17) is 0 Å². The summed E-state index contributed by atoms with van der Waals surface area (Å²) in [6.45, 7) is 1.75. The average molecular weight is 320 g/mol. The highest BCUT2D eigenvalue weighted by atomic mass is 19.1. The Morgan fingerprint density at radius 2 is 1.92 bits per heavy atom. The van der Waals surface area contributed by atoms with Crippen LogP contribution in [-0.2, 0) is 0 Å². The van der Waals surface area contributed by atoms with E-state index in [2.05, 4.69) is 15.1 Å². The van der Waals surface area contributed by atoms with Gasteiger partial charge in [-0.25, -0.2) is 14.1 Å². The zero-order valence-corrected chi connectivity index (χ0v) is 12.8. The fourth-order valence-corrected chi connectivity index (χ4v) is 2.68. The average Bonchev–Trinajstić information content (AvgIpc) is 2.90. The van der Waals surface area contributed by atoms with E-state index in [1.807, 2.05) is 18.2 Å². The predicted molar refractivity (Wildman–Crippen MR) is 92.0 cm³/mol. The lowest BCUT2D eigenvalue weighted by molar-refractivity contribution is 0.625. The Kier molecular flexibility index (Phi) is 3.23. The second kappa shape index (κ2) is 5.42. The number of rotatable bonds is 2. The highest BCUT2D eigenvalue weighted by Crippen LogP contribution is 2.16. The Bertz CT molecular complexity index is 1160. The first kappa shape index (κ1) is 14.3. The fraction of sp³-hybridized carbons (Fsp3) is 0.0556. The van der Waals surface area contributed by atoms with Gasteiger partial charge >= 0.3 is 0 Å². The Balaban J connectivity index is 1.94. The number of fused-ring (bicyclic) bond motifs is 2. The molecule has 6 heteroatoms. The number of H-pyrrole nitrogens is 1. The largest absolute Gasteiger partial charge is 0.338 e. The molecule has 0 radical (unpaired) electrons. The first-order chi connectivity index (χ1) is 11.6. The summed E-state index contributed by atoms with van der Waals surface area (Å²) >= 11 is 0. The Morgan fingerprint density at radius 1 is 1.17 bits per heavy atom. The van der Waals surface area contributed by atoms with Crippen LogP contribution >= 0.6 is 0 Å². The van der Waals surface area contributed by atoms with E-state index < -0.39 is 0 Å². The van der Waals surface area contributed by atoms with E-state index >= 15 is 0 Å². The quantitative estimate of drug-likeness (QED) is 0.576. The molecule has 0 saturated heterocycles. The molecule has 24 heavy (non-hydrogen) atoms. The van der Waals surface area contributed by atoms with Crippen molar-refractivity contribution in [3.63, 3.8) is 0 Å². The molecule has 2 aromatic carbocycles. The standard InChI is InChI=1S/C18H13FN4O/c1-11-21-16-17(24)13-7-3-5-9-15(13)22-18(16)23(11)20-10-12-6-2-4-8-14(12)19/h2-10H,1H3,(H,22,24). The number of nitrogens with one attached hydrogen (secondary N) is 1. The lowest BCUT2D eigenvalue weighted by atomic mass is 10.2. The van der Waals surface area contributed by atoms with Crippen molar-refractivity contribution < 1.29 is 4.39 Å². The van der Waals surface area contributed by atoms with Crippen LogP contribution in [0.2, 0.25) is 0 Å². The fourth-order valence-electron chi connectivity index (χ4n) is 2.68. The Labute approximate surface area is 136 Å². The van der Waals surface area contributed by atoms with Crippen LogP contribution in [0.15, 0.2) is 58.4 Å². The molecule has 0 fully saturated rings. The van der Waals surface area contributed by atoms with E-state index in [1.165, 1.54) is 17.0 Å². The van der Waals surface area contributed by atoms with E-state index in [0.29, 0.717) is 33.5 Å². The monoisotopic (exact) mass is 320 g/mol. The van der Waals surface area contributed by atoms with Crippen molar-refractivity contribution in [2.75, 3.05) is 0 Å². The predicted octanol–water partition coefficient (Wildman–Crippen LogP) is 3.21. The number of pyridine rings is 1. The summed E-state index contributed by atoms with van der Waals surface area (Å²) in [7, 11) is 0. The Hall–Kier alpha value is -3.28. The summed E-state index contributed by atoms with van der Waals surface area (Å²) in [5, 5.41) is 4.87. The maximum Gasteiger partial charge on any atom is 0.217 e. The molecular formula is C18H13FN4O. The van der Waals surface area contributed by atoms with Crippen molar-refractivity contribution in [3.8, 4) is 0 Å². The number of imidazole rings is 1. The van der Waals surface area contributed by atoms with Gasteiger partial charge in [0.15, 0.2) is 11.2 Å². The first-order valence-corrected chi connectivity index (χ1v) is 7.44. The maximum absolute atomic E-state index is 13.7. The minimum absolute atomic E-state index is 0.151. The first-order valence-electron chi connectivity index (χ1n) is 7.44. The van der Waals surface area contributed by atoms with Crippen LogP contribution in [0.4, 0.5) is 4.39 Å². The number of benzene rings is 2. The third kappa shape index (κ3) is 2.20. The van der Waals surface area contributed by atoms with E-state index in [-0.39, 0.29) is 11.2 Å². The minimum atomic E-state index is -0.359. The van der Waals surface area contributed by atoms with Crippen LogP contribution in [0.1, 0.15) is 11.4 Å². The highest BCUT2D eigenvalue weighted by molar-refractivity contribution is 5.89. The maximum atomic E-state index is 13.7. The third-order valence-corrected chi connectivity index (χ3v) is 3.87. The molecule has 0 aliphatic rings. The number of aryl methyl sites for hydroxylation is 1. The molecule has 0 aliphatic carbocycles. The lowest BCUT2D eigenvalue weighted by Crippen LogP contribution is -2.04. The second-order valence-electron chi connectivity index (χ2n) is 5.43. The number of aromatic nitrogens is 3. The van der Waals surface area contributed by atoms with Crippen molar-refractivity contribution in [2.45, 2.75) is 6.92 Å². The summed E-state index contributed by atoms with van der Waals surface area (Å²) < 4.78 is 15.2. The summed E-state index contributed by atoms with van der Waals surface area (Å²) in [6, 6.07) is 13.6.